The van der Waals surface area contributed by atoms with Crippen LogP contribution >= 0.6 is 34.2 Å². The molecule has 1 saturated heterocycles. The maximum absolute atomic E-state index is 12.7. The second-order valence-corrected chi connectivity index (χ2v) is 7.16. The van der Waals surface area contributed by atoms with Crippen molar-refractivity contribution in [2.75, 3.05) is 19.0 Å². The molecule has 1 aromatic rings. The van der Waals surface area contributed by atoms with Crippen LogP contribution in [0.5, 0.6) is 0 Å². The minimum atomic E-state index is -0.358. The van der Waals surface area contributed by atoms with Crippen molar-refractivity contribution >= 4 is 40.1 Å². The first-order valence-corrected chi connectivity index (χ1v) is 8.23. The van der Waals surface area contributed by atoms with Crippen LogP contribution in [-0.4, -0.2) is 41.5 Å². The standard InChI is InChI=1S/C15H19ClINO2/c1-10-5-4-6-12(13(10)17)14(19)18-8-11(7-16)20-15(2,3)9-18/h4-6,11H,7-9H2,1-3H3. The molecule has 5 heteroatoms. The van der Waals surface area contributed by atoms with E-state index in [1.54, 1.807) is 0 Å². The summed E-state index contributed by atoms with van der Waals surface area (Å²) in [5, 5.41) is 0. The lowest BCUT2D eigenvalue weighted by Gasteiger charge is -2.42. The van der Waals surface area contributed by atoms with E-state index in [0.717, 1.165) is 14.7 Å². The van der Waals surface area contributed by atoms with Gasteiger partial charge in [-0.2, -0.15) is 0 Å². The molecule has 0 spiro atoms. The number of hydrogen-bond donors (Lipinski definition) is 0. The maximum atomic E-state index is 12.7. The van der Waals surface area contributed by atoms with E-state index in [0.29, 0.717) is 19.0 Å². The van der Waals surface area contributed by atoms with Gasteiger partial charge in [-0.25, -0.2) is 0 Å². The highest BCUT2D eigenvalue weighted by Gasteiger charge is 2.35. The van der Waals surface area contributed by atoms with Gasteiger partial charge in [-0.3, -0.25) is 4.79 Å². The average molecular weight is 408 g/mol. The number of amides is 1. The first kappa shape index (κ1) is 16.0. The van der Waals surface area contributed by atoms with Gasteiger partial charge < -0.3 is 9.64 Å². The van der Waals surface area contributed by atoms with Gasteiger partial charge in [-0.15, -0.1) is 11.6 Å². The highest BCUT2D eigenvalue weighted by atomic mass is 127. The van der Waals surface area contributed by atoms with Gasteiger partial charge in [0.1, 0.15) is 0 Å². The van der Waals surface area contributed by atoms with E-state index in [1.165, 1.54) is 0 Å². The lowest BCUT2D eigenvalue weighted by Crippen LogP contribution is -2.55. The molecule has 1 aromatic carbocycles. The third kappa shape index (κ3) is 3.46. The number of hydrogen-bond acceptors (Lipinski definition) is 2. The summed E-state index contributed by atoms with van der Waals surface area (Å²) in [5.74, 6) is 0.461. The van der Waals surface area contributed by atoms with Crippen molar-refractivity contribution < 1.29 is 9.53 Å². The SMILES string of the molecule is Cc1cccc(C(=O)N2CC(CCl)OC(C)(C)C2)c1I. The quantitative estimate of drug-likeness (QED) is 0.555. The van der Waals surface area contributed by atoms with Crippen LogP contribution in [0.1, 0.15) is 29.8 Å². The van der Waals surface area contributed by atoms with E-state index in [9.17, 15) is 4.79 Å². The predicted octanol–water partition coefficient (Wildman–Crippen LogP) is 3.46. The second-order valence-electron chi connectivity index (χ2n) is 5.78. The minimum absolute atomic E-state index is 0.0598. The number of alkyl halides is 1. The van der Waals surface area contributed by atoms with Crippen LogP contribution in [0, 0.1) is 10.5 Å². The summed E-state index contributed by atoms with van der Waals surface area (Å²) in [7, 11) is 0. The van der Waals surface area contributed by atoms with Crippen LogP contribution in [-0.2, 0) is 4.74 Å². The molecule has 1 heterocycles. The summed E-state index contributed by atoms with van der Waals surface area (Å²) < 4.78 is 6.88. The Hall–Kier alpha value is -0.330. The number of rotatable bonds is 2. The predicted molar refractivity (Wildman–Crippen MR) is 89.5 cm³/mol. The number of halogens is 2. The zero-order valence-electron chi connectivity index (χ0n) is 12.0. The highest BCUT2D eigenvalue weighted by molar-refractivity contribution is 14.1. The number of nitrogens with zero attached hydrogens (tertiary/aromatic N) is 1. The number of aryl methyl sites for hydroxylation is 1. The first-order valence-electron chi connectivity index (χ1n) is 6.62. The fourth-order valence-corrected chi connectivity index (χ4v) is 3.26. The summed E-state index contributed by atoms with van der Waals surface area (Å²) in [5.41, 5.74) is 1.53. The van der Waals surface area contributed by atoms with Gasteiger partial charge in [-0.05, 0) is 55.0 Å². The van der Waals surface area contributed by atoms with Crippen molar-refractivity contribution in [3.63, 3.8) is 0 Å². The Kier molecular flexibility index (Phi) is 4.97. The number of carbonyl (C=O) groups is 1. The van der Waals surface area contributed by atoms with E-state index < -0.39 is 0 Å². The molecule has 3 nitrogen and oxygen atoms in total. The molecule has 1 amide bonds. The Bertz CT molecular complexity index is 519. The third-order valence-electron chi connectivity index (χ3n) is 3.36. The normalized spacial score (nSPS) is 21.9. The molecule has 0 aromatic heterocycles. The lowest BCUT2D eigenvalue weighted by atomic mass is 10.0. The molecule has 1 fully saturated rings. The zero-order chi connectivity index (χ0) is 14.9. The van der Waals surface area contributed by atoms with Gasteiger partial charge in [0.15, 0.2) is 0 Å². The van der Waals surface area contributed by atoms with Gasteiger partial charge in [-0.1, -0.05) is 12.1 Å². The fraction of sp³-hybridized carbons (Fsp3) is 0.533. The molecule has 0 radical (unpaired) electrons. The average Bonchev–Trinajstić information content (AvgIpc) is 2.39. The molecule has 0 N–H and O–H groups in total. The molecule has 20 heavy (non-hydrogen) atoms. The van der Waals surface area contributed by atoms with Crippen molar-refractivity contribution in [3.8, 4) is 0 Å². The molecule has 1 atom stereocenters. The van der Waals surface area contributed by atoms with Crippen LogP contribution < -0.4 is 0 Å². The molecule has 110 valence electrons. The summed E-state index contributed by atoms with van der Waals surface area (Å²) in [6, 6.07) is 5.83. The molecule has 0 aliphatic carbocycles. The third-order valence-corrected chi connectivity index (χ3v) is 5.14. The largest absolute Gasteiger partial charge is 0.367 e. The number of carbonyl (C=O) groups excluding carboxylic acids is 1. The van der Waals surface area contributed by atoms with Crippen molar-refractivity contribution in [2.45, 2.75) is 32.5 Å². The fourth-order valence-electron chi connectivity index (χ4n) is 2.51. The van der Waals surface area contributed by atoms with Gasteiger partial charge in [0, 0.05) is 16.7 Å². The van der Waals surface area contributed by atoms with E-state index in [-0.39, 0.29) is 17.6 Å². The van der Waals surface area contributed by atoms with E-state index in [1.807, 2.05) is 43.9 Å². The van der Waals surface area contributed by atoms with Crippen molar-refractivity contribution in [3.05, 3.63) is 32.9 Å². The van der Waals surface area contributed by atoms with Crippen LogP contribution in [0.25, 0.3) is 0 Å². The van der Waals surface area contributed by atoms with Crippen LogP contribution in [0.4, 0.5) is 0 Å². The van der Waals surface area contributed by atoms with E-state index >= 15 is 0 Å². The van der Waals surface area contributed by atoms with Crippen LogP contribution in [0.3, 0.4) is 0 Å². The van der Waals surface area contributed by atoms with Crippen LogP contribution in [0.15, 0.2) is 18.2 Å². The summed E-state index contributed by atoms with van der Waals surface area (Å²) in [6.07, 6.45) is -0.105. The Balaban J connectivity index is 2.26. The molecule has 0 saturated carbocycles. The first-order chi connectivity index (χ1) is 9.34. The smallest absolute Gasteiger partial charge is 0.255 e. The van der Waals surface area contributed by atoms with Crippen molar-refractivity contribution in [1.29, 1.82) is 0 Å². The molecule has 1 aliphatic rings. The molecular formula is C15H19ClINO2. The Morgan fingerprint density at radius 3 is 2.90 bits per heavy atom. The second kappa shape index (κ2) is 6.20. The zero-order valence-corrected chi connectivity index (χ0v) is 14.9. The van der Waals surface area contributed by atoms with Crippen molar-refractivity contribution in [1.82, 2.24) is 4.90 Å². The molecule has 1 aliphatic heterocycles. The summed E-state index contributed by atoms with van der Waals surface area (Å²) in [4.78, 5) is 14.6. The lowest BCUT2D eigenvalue weighted by molar-refractivity contribution is -0.117. The Morgan fingerprint density at radius 1 is 1.55 bits per heavy atom. The van der Waals surface area contributed by atoms with E-state index in [4.69, 9.17) is 16.3 Å². The minimum Gasteiger partial charge on any atom is -0.367 e. The molecule has 2 rings (SSSR count). The van der Waals surface area contributed by atoms with Crippen LogP contribution in [0.2, 0.25) is 0 Å². The Morgan fingerprint density at radius 2 is 2.25 bits per heavy atom. The number of morpholine rings is 1. The van der Waals surface area contributed by atoms with E-state index in [2.05, 4.69) is 22.6 Å². The van der Waals surface area contributed by atoms with Gasteiger partial charge in [0.25, 0.3) is 5.91 Å². The summed E-state index contributed by atoms with van der Waals surface area (Å²) >= 11 is 8.15. The monoisotopic (exact) mass is 407 g/mol. The maximum Gasteiger partial charge on any atom is 0.255 e. The highest BCUT2D eigenvalue weighted by Crippen LogP contribution is 2.25. The summed E-state index contributed by atoms with van der Waals surface area (Å²) in [6.45, 7) is 7.14. The van der Waals surface area contributed by atoms with Crippen molar-refractivity contribution in [2.24, 2.45) is 0 Å². The number of benzene rings is 1. The van der Waals surface area contributed by atoms with Gasteiger partial charge >= 0.3 is 0 Å². The van der Waals surface area contributed by atoms with Gasteiger partial charge in [0.2, 0.25) is 0 Å². The molecule has 0 bridgehead atoms. The van der Waals surface area contributed by atoms with Gasteiger partial charge in [0.05, 0.1) is 23.1 Å². The Labute approximate surface area is 138 Å². The number of ether oxygens (including phenoxy) is 1. The topological polar surface area (TPSA) is 29.5 Å². The molecular weight excluding hydrogens is 389 g/mol. The molecule has 1 unspecified atom stereocenters.